The third-order valence-corrected chi connectivity index (χ3v) is 2.72. The van der Waals surface area contributed by atoms with Crippen LogP contribution in [0.3, 0.4) is 0 Å². The first-order valence-corrected chi connectivity index (χ1v) is 5.63. The van der Waals surface area contributed by atoms with Crippen LogP contribution in [0.15, 0.2) is 35.1 Å². The summed E-state index contributed by atoms with van der Waals surface area (Å²) in [5.41, 5.74) is 0.559. The second-order valence-corrected chi connectivity index (χ2v) is 3.99. The number of nitrogens with zero attached hydrogens (tertiary/aromatic N) is 1. The van der Waals surface area contributed by atoms with Crippen LogP contribution in [0.1, 0.15) is 6.92 Å². The molecule has 88 valence electrons. The number of nitrogens with one attached hydrogen (secondary N) is 1. The first-order chi connectivity index (χ1) is 8.13. The lowest BCUT2D eigenvalue weighted by atomic mass is 10.1. The van der Waals surface area contributed by atoms with Gasteiger partial charge in [0.2, 0.25) is 0 Å². The summed E-state index contributed by atoms with van der Waals surface area (Å²) >= 11 is 4.95. The van der Waals surface area contributed by atoms with Crippen LogP contribution in [0.4, 0.5) is 4.39 Å². The standard InChI is InChI=1S/C12H11FN2OS/c1-2-15-10(7-11(17)14-12(15)16)8-5-3-4-6-9(8)13/h3-7H,2H2,1H3,(H,14,16,17). The van der Waals surface area contributed by atoms with Gasteiger partial charge in [-0.2, -0.15) is 0 Å². The molecule has 0 unspecified atom stereocenters. The molecule has 1 aromatic heterocycles. The smallest absolute Gasteiger partial charge is 0.298 e. The Kier molecular flexibility index (Phi) is 3.19. The highest BCUT2D eigenvalue weighted by molar-refractivity contribution is 7.71. The van der Waals surface area contributed by atoms with E-state index in [1.54, 1.807) is 24.3 Å². The summed E-state index contributed by atoms with van der Waals surface area (Å²) in [6.07, 6.45) is 0. The van der Waals surface area contributed by atoms with Crippen molar-refractivity contribution in [3.63, 3.8) is 0 Å². The number of hydrogen-bond donors (Lipinski definition) is 1. The first kappa shape index (κ1) is 11.7. The second-order valence-electron chi connectivity index (χ2n) is 3.55. The quantitative estimate of drug-likeness (QED) is 0.832. The molecule has 0 saturated carbocycles. The van der Waals surface area contributed by atoms with Crippen LogP contribution >= 0.6 is 12.2 Å². The average molecular weight is 250 g/mol. The van der Waals surface area contributed by atoms with Gasteiger partial charge in [0, 0.05) is 12.1 Å². The lowest BCUT2D eigenvalue weighted by molar-refractivity contribution is 0.625. The number of aromatic amines is 1. The minimum absolute atomic E-state index is 0.304. The third kappa shape index (κ3) is 2.19. The van der Waals surface area contributed by atoms with Gasteiger partial charge in [0.05, 0.1) is 5.69 Å². The average Bonchev–Trinajstić information content (AvgIpc) is 2.28. The van der Waals surface area contributed by atoms with Gasteiger partial charge < -0.3 is 0 Å². The van der Waals surface area contributed by atoms with Crippen molar-refractivity contribution in [1.29, 1.82) is 0 Å². The Bertz CT molecular complexity index is 660. The zero-order valence-electron chi connectivity index (χ0n) is 9.24. The number of benzene rings is 1. The molecule has 17 heavy (non-hydrogen) atoms. The van der Waals surface area contributed by atoms with Gasteiger partial charge in [-0.15, -0.1) is 0 Å². The molecule has 5 heteroatoms. The number of aromatic nitrogens is 2. The summed E-state index contributed by atoms with van der Waals surface area (Å²) in [6, 6.07) is 7.92. The van der Waals surface area contributed by atoms with E-state index in [-0.39, 0.29) is 11.5 Å². The fourth-order valence-electron chi connectivity index (χ4n) is 1.73. The molecule has 1 aromatic carbocycles. The Morgan fingerprint density at radius 2 is 2.12 bits per heavy atom. The van der Waals surface area contributed by atoms with Crippen LogP contribution in [0.25, 0.3) is 11.3 Å². The maximum Gasteiger partial charge on any atom is 0.326 e. The fraction of sp³-hybridized carbons (Fsp3) is 0.167. The van der Waals surface area contributed by atoms with Gasteiger partial charge in [0.25, 0.3) is 0 Å². The van der Waals surface area contributed by atoms with E-state index in [9.17, 15) is 9.18 Å². The lowest BCUT2D eigenvalue weighted by Gasteiger charge is -2.10. The van der Waals surface area contributed by atoms with Crippen molar-refractivity contribution in [3.8, 4) is 11.3 Å². The summed E-state index contributed by atoms with van der Waals surface area (Å²) in [7, 11) is 0. The molecule has 0 aliphatic rings. The number of hydrogen-bond acceptors (Lipinski definition) is 2. The molecule has 0 amide bonds. The van der Waals surface area contributed by atoms with Crippen LogP contribution in [0.2, 0.25) is 0 Å². The van der Waals surface area contributed by atoms with Gasteiger partial charge in [-0.1, -0.05) is 24.4 Å². The molecule has 0 saturated heterocycles. The SMILES string of the molecule is CCn1c(-c2ccccc2F)cc(=S)[nH]c1=O. The third-order valence-electron chi connectivity index (χ3n) is 2.50. The molecular weight excluding hydrogens is 239 g/mol. The van der Waals surface area contributed by atoms with Gasteiger partial charge in [-0.3, -0.25) is 9.55 Å². The van der Waals surface area contributed by atoms with Gasteiger partial charge in [0.1, 0.15) is 10.5 Å². The van der Waals surface area contributed by atoms with Crippen molar-refractivity contribution in [2.24, 2.45) is 0 Å². The second kappa shape index (κ2) is 4.63. The summed E-state index contributed by atoms with van der Waals surface area (Å²) < 4.78 is 15.5. The van der Waals surface area contributed by atoms with Crippen molar-refractivity contribution < 1.29 is 4.39 Å². The molecule has 2 rings (SSSR count). The van der Waals surface area contributed by atoms with Crippen LogP contribution in [0, 0.1) is 10.5 Å². The summed E-state index contributed by atoms with van der Waals surface area (Å²) in [4.78, 5) is 14.2. The van der Waals surface area contributed by atoms with Crippen LogP contribution in [-0.2, 0) is 6.54 Å². The maximum atomic E-state index is 13.7. The number of H-pyrrole nitrogens is 1. The van der Waals surface area contributed by atoms with Gasteiger partial charge in [-0.05, 0) is 25.1 Å². The highest BCUT2D eigenvalue weighted by atomic mass is 32.1. The van der Waals surface area contributed by atoms with E-state index >= 15 is 0 Å². The molecule has 1 N–H and O–H groups in total. The largest absolute Gasteiger partial charge is 0.326 e. The van der Waals surface area contributed by atoms with E-state index in [1.807, 2.05) is 6.92 Å². The molecule has 0 atom stereocenters. The Morgan fingerprint density at radius 1 is 1.41 bits per heavy atom. The molecule has 0 fully saturated rings. The zero-order chi connectivity index (χ0) is 12.4. The van der Waals surface area contributed by atoms with Crippen LogP contribution < -0.4 is 5.69 Å². The van der Waals surface area contributed by atoms with Crippen LogP contribution in [0.5, 0.6) is 0 Å². The molecule has 2 aromatic rings. The van der Waals surface area contributed by atoms with E-state index in [0.717, 1.165) is 0 Å². The summed E-state index contributed by atoms with van der Waals surface area (Å²) in [5.74, 6) is -0.366. The lowest BCUT2D eigenvalue weighted by Crippen LogP contribution is -2.23. The van der Waals surface area contributed by atoms with Crippen molar-refractivity contribution in [3.05, 3.63) is 51.3 Å². The van der Waals surface area contributed by atoms with E-state index in [0.29, 0.717) is 22.4 Å². The molecule has 0 aliphatic carbocycles. The Balaban J connectivity index is 2.80. The van der Waals surface area contributed by atoms with Crippen LogP contribution in [-0.4, -0.2) is 9.55 Å². The fourth-order valence-corrected chi connectivity index (χ4v) is 1.93. The normalized spacial score (nSPS) is 10.5. The van der Waals surface area contributed by atoms with Gasteiger partial charge >= 0.3 is 5.69 Å². The molecule has 0 bridgehead atoms. The number of rotatable bonds is 2. The Morgan fingerprint density at radius 3 is 2.76 bits per heavy atom. The van der Waals surface area contributed by atoms with E-state index in [1.165, 1.54) is 10.6 Å². The predicted octanol–water partition coefficient (Wildman–Crippen LogP) is 2.73. The Labute approximate surface area is 103 Å². The van der Waals surface area contributed by atoms with Crippen molar-refractivity contribution in [2.75, 3.05) is 0 Å². The Hall–Kier alpha value is -1.75. The van der Waals surface area contributed by atoms with Crippen molar-refractivity contribution in [2.45, 2.75) is 13.5 Å². The number of halogens is 1. The maximum absolute atomic E-state index is 13.7. The van der Waals surface area contributed by atoms with Gasteiger partial charge in [0.15, 0.2) is 0 Å². The minimum Gasteiger partial charge on any atom is -0.298 e. The highest BCUT2D eigenvalue weighted by Crippen LogP contribution is 2.21. The minimum atomic E-state index is -0.366. The van der Waals surface area contributed by atoms with Crippen molar-refractivity contribution >= 4 is 12.2 Å². The zero-order valence-corrected chi connectivity index (χ0v) is 10.1. The summed E-state index contributed by atoms with van der Waals surface area (Å²) in [5, 5.41) is 0. The van der Waals surface area contributed by atoms with Crippen molar-refractivity contribution in [1.82, 2.24) is 9.55 Å². The molecule has 0 spiro atoms. The van der Waals surface area contributed by atoms with E-state index in [2.05, 4.69) is 4.98 Å². The first-order valence-electron chi connectivity index (χ1n) is 5.22. The van der Waals surface area contributed by atoms with E-state index < -0.39 is 0 Å². The predicted molar refractivity (Wildman–Crippen MR) is 67.0 cm³/mol. The van der Waals surface area contributed by atoms with Gasteiger partial charge in [-0.25, -0.2) is 9.18 Å². The molecular formula is C12H11FN2OS. The molecule has 1 heterocycles. The monoisotopic (exact) mass is 250 g/mol. The molecule has 0 radical (unpaired) electrons. The summed E-state index contributed by atoms with van der Waals surface area (Å²) in [6.45, 7) is 2.28. The van der Waals surface area contributed by atoms with E-state index in [4.69, 9.17) is 12.2 Å². The highest BCUT2D eigenvalue weighted by Gasteiger charge is 2.09. The molecule has 3 nitrogen and oxygen atoms in total. The topological polar surface area (TPSA) is 37.8 Å². The molecule has 0 aliphatic heterocycles.